The number of nitriles is 1. The average molecular weight is 478 g/mol. The lowest BCUT2D eigenvalue weighted by molar-refractivity contribution is -0.159. The van der Waals surface area contributed by atoms with Crippen LogP contribution in [-0.2, 0) is 19.1 Å². The number of aliphatic carboxylic acids is 1. The lowest BCUT2D eigenvalue weighted by atomic mass is 9.98. The first-order valence-electron chi connectivity index (χ1n) is 11.6. The first-order chi connectivity index (χ1) is 17.0. The van der Waals surface area contributed by atoms with Crippen molar-refractivity contribution in [2.75, 3.05) is 26.4 Å². The van der Waals surface area contributed by atoms with Crippen molar-refractivity contribution in [3.63, 3.8) is 0 Å². The highest BCUT2D eigenvalue weighted by Crippen LogP contribution is 2.44. The summed E-state index contributed by atoms with van der Waals surface area (Å²) in [5.41, 5.74) is 4.35. The van der Waals surface area contributed by atoms with Gasteiger partial charge in [0.1, 0.15) is 12.6 Å². The average Bonchev–Trinajstić information content (AvgIpc) is 3.20. The molecular formula is C26H27N3O6. The molecule has 2 aromatic carbocycles. The zero-order valence-corrected chi connectivity index (χ0v) is 19.2. The molecule has 4 rings (SSSR count). The number of nitrogens with zero attached hydrogens (tertiary/aromatic N) is 2. The number of carbonyl (C=O) groups is 3. The molecule has 35 heavy (non-hydrogen) atoms. The highest BCUT2D eigenvalue weighted by molar-refractivity contribution is 5.89. The lowest BCUT2D eigenvalue weighted by Gasteiger charge is -2.35. The standard InChI is InChI=1S/C26H27N3O6/c27-12-6-5-11-22(24(30)29-13-14-34-16-23(29)25(31)32)28-26(33)35-15-21-19-9-3-1-7-17(19)18-8-2-4-10-20(18)21/h1-4,7-10,21-23H,5-6,11,13-16H2,(H,28,33)(H,31,32). The Bertz CT molecular complexity index is 1100. The first kappa shape index (κ1) is 24.2. The van der Waals surface area contributed by atoms with Crippen LogP contribution in [0.2, 0.25) is 0 Å². The molecule has 2 N–H and O–H groups in total. The predicted octanol–water partition coefficient (Wildman–Crippen LogP) is 2.90. The lowest BCUT2D eigenvalue weighted by Crippen LogP contribution is -2.58. The van der Waals surface area contributed by atoms with Crippen LogP contribution in [0, 0.1) is 11.3 Å². The SMILES string of the molecule is N#CCCCC(NC(=O)OCC1c2ccccc2-c2ccccc21)C(=O)N1CCOCC1C(=O)O. The molecule has 0 saturated carbocycles. The summed E-state index contributed by atoms with van der Waals surface area (Å²) in [6, 6.07) is 15.8. The van der Waals surface area contributed by atoms with Gasteiger partial charge < -0.3 is 24.8 Å². The van der Waals surface area contributed by atoms with Gasteiger partial charge in [-0.2, -0.15) is 5.26 Å². The predicted molar refractivity (Wildman–Crippen MR) is 125 cm³/mol. The molecule has 2 amide bonds. The number of hydrogen-bond donors (Lipinski definition) is 2. The van der Waals surface area contributed by atoms with Crippen molar-refractivity contribution < 1.29 is 29.0 Å². The molecule has 1 heterocycles. The number of fused-ring (bicyclic) bond motifs is 3. The molecule has 2 atom stereocenters. The van der Waals surface area contributed by atoms with Crippen molar-refractivity contribution in [3.8, 4) is 17.2 Å². The van der Waals surface area contributed by atoms with Gasteiger partial charge in [0, 0.05) is 18.9 Å². The van der Waals surface area contributed by atoms with Gasteiger partial charge in [-0.1, -0.05) is 48.5 Å². The van der Waals surface area contributed by atoms with Crippen molar-refractivity contribution in [1.29, 1.82) is 5.26 Å². The van der Waals surface area contributed by atoms with Crippen LogP contribution < -0.4 is 5.32 Å². The topological polar surface area (TPSA) is 129 Å². The fraction of sp³-hybridized carbons (Fsp3) is 0.385. The molecule has 182 valence electrons. The largest absolute Gasteiger partial charge is 0.480 e. The summed E-state index contributed by atoms with van der Waals surface area (Å²) < 4.78 is 10.8. The summed E-state index contributed by atoms with van der Waals surface area (Å²) in [6.07, 6.45) is 0.0166. The molecule has 0 radical (unpaired) electrons. The monoisotopic (exact) mass is 477 g/mol. The number of morpholine rings is 1. The minimum atomic E-state index is -1.17. The number of hydrogen-bond acceptors (Lipinski definition) is 6. The first-order valence-corrected chi connectivity index (χ1v) is 11.6. The van der Waals surface area contributed by atoms with Crippen LogP contribution >= 0.6 is 0 Å². The Hall–Kier alpha value is -3.90. The maximum atomic E-state index is 13.2. The number of alkyl carbamates (subject to hydrolysis) is 1. The molecule has 9 heteroatoms. The van der Waals surface area contributed by atoms with E-state index in [9.17, 15) is 19.5 Å². The van der Waals surface area contributed by atoms with Crippen LogP contribution in [0.1, 0.15) is 36.3 Å². The molecule has 0 aromatic heterocycles. The minimum Gasteiger partial charge on any atom is -0.480 e. The number of rotatable bonds is 8. The normalized spacial score (nSPS) is 17.6. The third kappa shape index (κ3) is 5.28. The van der Waals surface area contributed by atoms with Crippen molar-refractivity contribution in [2.24, 2.45) is 0 Å². The van der Waals surface area contributed by atoms with Crippen molar-refractivity contribution >= 4 is 18.0 Å². The molecule has 9 nitrogen and oxygen atoms in total. The second-order valence-electron chi connectivity index (χ2n) is 8.53. The van der Waals surface area contributed by atoms with Crippen LogP contribution in [0.15, 0.2) is 48.5 Å². The fourth-order valence-corrected chi connectivity index (χ4v) is 4.70. The van der Waals surface area contributed by atoms with E-state index < -0.39 is 30.1 Å². The number of ether oxygens (including phenoxy) is 2. The van der Waals surface area contributed by atoms with Gasteiger partial charge in [-0.15, -0.1) is 0 Å². The molecule has 2 unspecified atom stereocenters. The van der Waals surface area contributed by atoms with Crippen molar-refractivity contribution in [3.05, 3.63) is 59.7 Å². The van der Waals surface area contributed by atoms with Crippen molar-refractivity contribution in [1.82, 2.24) is 10.2 Å². The van der Waals surface area contributed by atoms with E-state index in [4.69, 9.17) is 14.7 Å². The van der Waals surface area contributed by atoms with Gasteiger partial charge in [0.05, 0.1) is 19.3 Å². The van der Waals surface area contributed by atoms with Crippen LogP contribution in [0.25, 0.3) is 11.1 Å². The van der Waals surface area contributed by atoms with Gasteiger partial charge in [0.2, 0.25) is 5.91 Å². The molecule has 1 saturated heterocycles. The summed E-state index contributed by atoms with van der Waals surface area (Å²) in [5.74, 6) is -1.82. The number of carbonyl (C=O) groups excluding carboxylic acids is 2. The van der Waals surface area contributed by atoms with E-state index in [0.717, 1.165) is 22.3 Å². The van der Waals surface area contributed by atoms with Crippen LogP contribution in [0.5, 0.6) is 0 Å². The Morgan fingerprint density at radius 2 is 1.80 bits per heavy atom. The maximum Gasteiger partial charge on any atom is 0.407 e. The van der Waals surface area contributed by atoms with Gasteiger partial charge in [-0.25, -0.2) is 9.59 Å². The summed E-state index contributed by atoms with van der Waals surface area (Å²) >= 11 is 0. The summed E-state index contributed by atoms with van der Waals surface area (Å²) in [4.78, 5) is 38.8. The molecule has 1 aliphatic heterocycles. The van der Waals surface area contributed by atoms with Gasteiger partial charge in [-0.3, -0.25) is 4.79 Å². The number of carboxylic acids is 1. The number of amides is 2. The van der Waals surface area contributed by atoms with E-state index in [1.807, 2.05) is 54.6 Å². The van der Waals surface area contributed by atoms with Crippen molar-refractivity contribution in [2.45, 2.75) is 37.3 Å². The number of benzene rings is 2. The van der Waals surface area contributed by atoms with E-state index in [2.05, 4.69) is 5.32 Å². The molecule has 0 spiro atoms. The Morgan fingerprint density at radius 3 is 2.43 bits per heavy atom. The third-order valence-corrected chi connectivity index (χ3v) is 6.41. The van der Waals surface area contributed by atoms with E-state index in [-0.39, 0.29) is 45.1 Å². The molecule has 0 bridgehead atoms. The van der Waals surface area contributed by atoms with Gasteiger partial charge >= 0.3 is 12.1 Å². The molecule has 1 fully saturated rings. The second-order valence-corrected chi connectivity index (χ2v) is 8.53. The van der Waals surface area contributed by atoms with Gasteiger partial charge in [-0.05, 0) is 35.1 Å². The molecule has 1 aliphatic carbocycles. The van der Waals surface area contributed by atoms with Crippen LogP contribution in [0.3, 0.4) is 0 Å². The highest BCUT2D eigenvalue weighted by atomic mass is 16.5. The Kier molecular flexibility index (Phi) is 7.63. The molecular weight excluding hydrogens is 450 g/mol. The maximum absolute atomic E-state index is 13.2. The summed E-state index contributed by atoms with van der Waals surface area (Å²) in [6.45, 7) is 0.299. The Morgan fingerprint density at radius 1 is 1.14 bits per heavy atom. The zero-order valence-electron chi connectivity index (χ0n) is 19.2. The quantitative estimate of drug-likeness (QED) is 0.559. The van der Waals surface area contributed by atoms with Crippen LogP contribution in [-0.4, -0.2) is 66.4 Å². The minimum absolute atomic E-state index is 0.0915. The fourth-order valence-electron chi connectivity index (χ4n) is 4.70. The highest BCUT2D eigenvalue weighted by Gasteiger charge is 2.37. The molecule has 2 aromatic rings. The van der Waals surface area contributed by atoms with E-state index in [1.165, 1.54) is 4.90 Å². The second kappa shape index (κ2) is 11.0. The number of unbranched alkanes of at least 4 members (excludes halogenated alkanes) is 1. The summed E-state index contributed by atoms with van der Waals surface area (Å²) in [5, 5.41) is 21.0. The Balaban J connectivity index is 1.44. The van der Waals surface area contributed by atoms with E-state index in [0.29, 0.717) is 6.42 Å². The molecule has 2 aliphatic rings. The van der Waals surface area contributed by atoms with E-state index in [1.54, 1.807) is 0 Å². The van der Waals surface area contributed by atoms with E-state index >= 15 is 0 Å². The summed E-state index contributed by atoms with van der Waals surface area (Å²) in [7, 11) is 0. The number of carboxylic acid groups (broad SMARTS) is 1. The number of nitrogens with one attached hydrogen (secondary N) is 1. The zero-order chi connectivity index (χ0) is 24.8. The Labute approximate surface area is 203 Å². The van der Waals surface area contributed by atoms with Gasteiger partial charge in [0.25, 0.3) is 0 Å². The van der Waals surface area contributed by atoms with Crippen LogP contribution in [0.4, 0.5) is 4.79 Å². The smallest absolute Gasteiger partial charge is 0.407 e. The van der Waals surface area contributed by atoms with Gasteiger partial charge in [0.15, 0.2) is 6.04 Å². The third-order valence-electron chi connectivity index (χ3n) is 6.41.